The highest BCUT2D eigenvalue weighted by molar-refractivity contribution is 5.64. The van der Waals surface area contributed by atoms with Crippen LogP contribution in [0.1, 0.15) is 68.1 Å². The Bertz CT molecular complexity index is 963. The first-order valence-corrected chi connectivity index (χ1v) is 11.7. The van der Waals surface area contributed by atoms with Crippen LogP contribution < -0.4 is 21.6 Å². The van der Waals surface area contributed by atoms with Crippen molar-refractivity contribution in [2.45, 2.75) is 63.9 Å². The van der Waals surface area contributed by atoms with Crippen LogP contribution in [0.25, 0.3) is 5.70 Å². The minimum atomic E-state index is 0.202. The number of nitrogens with one attached hydrogen (secondary N) is 1. The number of aliphatic hydroxyl groups is 1. The Morgan fingerprint density at radius 2 is 2.00 bits per heavy atom. The maximum Gasteiger partial charge on any atom is 0.263 e. The van der Waals surface area contributed by atoms with E-state index in [0.717, 1.165) is 37.1 Å². The van der Waals surface area contributed by atoms with Gasteiger partial charge in [0.1, 0.15) is 5.75 Å². The molecule has 33 heavy (non-hydrogen) atoms. The monoisotopic (exact) mass is 457 g/mol. The molecule has 2 saturated carbocycles. The number of aryl methyl sites for hydroxylation is 1. The van der Waals surface area contributed by atoms with E-state index in [1.54, 1.807) is 7.05 Å². The van der Waals surface area contributed by atoms with Crippen molar-refractivity contribution in [3.8, 4) is 5.75 Å². The van der Waals surface area contributed by atoms with Gasteiger partial charge in [-0.2, -0.15) is 4.98 Å². The Labute approximate surface area is 194 Å². The van der Waals surface area contributed by atoms with Crippen molar-refractivity contribution in [1.29, 1.82) is 0 Å². The predicted octanol–water partition coefficient (Wildman–Crippen LogP) is 2.52. The molecule has 0 spiro atoms. The smallest absolute Gasteiger partial charge is 0.263 e. The summed E-state index contributed by atoms with van der Waals surface area (Å²) in [6, 6.07) is 3.80. The summed E-state index contributed by atoms with van der Waals surface area (Å²) in [6.07, 6.45) is 7.92. The van der Waals surface area contributed by atoms with Crippen LogP contribution in [0.3, 0.4) is 0 Å². The van der Waals surface area contributed by atoms with Crippen molar-refractivity contribution in [1.82, 2.24) is 20.1 Å². The molecule has 2 aromatic rings. The van der Waals surface area contributed by atoms with Crippen molar-refractivity contribution in [2.24, 2.45) is 17.5 Å². The van der Waals surface area contributed by atoms with Crippen LogP contribution in [0.2, 0.25) is 0 Å². The van der Waals surface area contributed by atoms with Gasteiger partial charge in [-0.05, 0) is 68.7 Å². The molecule has 4 rings (SSSR count). The van der Waals surface area contributed by atoms with Crippen LogP contribution in [-0.4, -0.2) is 51.5 Å². The highest BCUT2D eigenvalue weighted by Gasteiger charge is 2.33. The molecule has 0 amide bonds. The van der Waals surface area contributed by atoms with Crippen molar-refractivity contribution >= 4 is 11.6 Å². The van der Waals surface area contributed by atoms with E-state index in [-0.39, 0.29) is 18.6 Å². The maximum absolute atomic E-state index is 9.18. The average Bonchev–Trinajstić information content (AvgIpc) is 3.23. The number of hydrogen-bond donors (Lipinski definition) is 4. The summed E-state index contributed by atoms with van der Waals surface area (Å²) in [5, 5.41) is 17.8. The number of aliphatic hydroxyl groups excluding tert-OH is 1. The van der Waals surface area contributed by atoms with Crippen LogP contribution in [0.15, 0.2) is 22.4 Å². The van der Waals surface area contributed by atoms with E-state index in [9.17, 15) is 5.11 Å². The van der Waals surface area contributed by atoms with Crippen molar-refractivity contribution in [2.75, 3.05) is 25.5 Å². The molecule has 0 saturated heterocycles. The topological polar surface area (TPSA) is 149 Å². The largest absolute Gasteiger partial charge is 0.489 e. The summed E-state index contributed by atoms with van der Waals surface area (Å²) in [5.74, 6) is 8.37. The zero-order valence-corrected chi connectivity index (χ0v) is 19.5. The first kappa shape index (κ1) is 23.3. The number of hydrazine groups is 1. The summed E-state index contributed by atoms with van der Waals surface area (Å²) >= 11 is 0. The molecule has 6 N–H and O–H groups in total. The van der Waals surface area contributed by atoms with Crippen LogP contribution in [0.4, 0.5) is 5.95 Å². The van der Waals surface area contributed by atoms with Gasteiger partial charge in [0.25, 0.3) is 5.95 Å². The summed E-state index contributed by atoms with van der Waals surface area (Å²) in [6.45, 7) is 2.44. The first-order chi connectivity index (χ1) is 15.9. The molecule has 0 aliphatic heterocycles. The third-order valence-corrected chi connectivity index (χ3v) is 6.59. The Kier molecular flexibility index (Phi) is 7.34. The van der Waals surface area contributed by atoms with E-state index >= 15 is 0 Å². The zero-order valence-electron chi connectivity index (χ0n) is 19.5. The minimum absolute atomic E-state index is 0.202. The standard InChI is InChI=1S/C23H35N7O3/c1-14-20(32-17-6-4-3-5-7-17)9-8-18(27-14)21(24)19(30(2)25)12-26-23-28-22(33-29-23)16-10-15(11-16)13-31/h8-9,15-17,31H,3-7,10-13,24-25H2,1-2H3,(H,26,29)/b21-19-. The number of hydrogen-bond acceptors (Lipinski definition) is 10. The number of nitrogens with zero attached hydrogens (tertiary/aromatic N) is 4. The molecule has 2 fully saturated rings. The fourth-order valence-electron chi connectivity index (χ4n) is 4.47. The van der Waals surface area contributed by atoms with Crippen molar-refractivity contribution in [3.05, 3.63) is 35.1 Å². The van der Waals surface area contributed by atoms with Crippen LogP contribution in [0, 0.1) is 12.8 Å². The molecule has 2 aliphatic rings. The van der Waals surface area contributed by atoms with Gasteiger partial charge in [-0.3, -0.25) is 0 Å². The fourth-order valence-corrected chi connectivity index (χ4v) is 4.47. The van der Waals surface area contributed by atoms with E-state index in [1.807, 2.05) is 19.1 Å². The Hall–Kier alpha value is -2.85. The third-order valence-electron chi connectivity index (χ3n) is 6.59. The van der Waals surface area contributed by atoms with Crippen LogP contribution in [-0.2, 0) is 0 Å². The lowest BCUT2D eigenvalue weighted by atomic mass is 9.75. The number of nitrogens with two attached hydrogens (primary N) is 2. The second-order valence-electron chi connectivity index (χ2n) is 9.16. The molecule has 10 heteroatoms. The molecular weight excluding hydrogens is 422 g/mol. The average molecular weight is 458 g/mol. The highest BCUT2D eigenvalue weighted by Crippen LogP contribution is 2.40. The summed E-state index contributed by atoms with van der Waals surface area (Å²) < 4.78 is 11.5. The van der Waals surface area contributed by atoms with Gasteiger partial charge in [0.2, 0.25) is 5.89 Å². The highest BCUT2D eigenvalue weighted by atomic mass is 16.5. The van der Waals surface area contributed by atoms with Gasteiger partial charge >= 0.3 is 0 Å². The van der Waals surface area contributed by atoms with E-state index in [0.29, 0.717) is 41.4 Å². The Morgan fingerprint density at radius 3 is 2.67 bits per heavy atom. The number of anilines is 1. The molecule has 10 nitrogen and oxygen atoms in total. The number of likely N-dealkylation sites (N-methyl/N-ethyl adjacent to an activating group) is 1. The lowest BCUT2D eigenvalue weighted by molar-refractivity contribution is 0.126. The molecule has 0 radical (unpaired) electrons. The van der Waals surface area contributed by atoms with Gasteiger partial charge in [-0.15, -0.1) is 0 Å². The number of ether oxygens (including phenoxy) is 1. The molecule has 0 unspecified atom stereocenters. The Morgan fingerprint density at radius 1 is 1.24 bits per heavy atom. The number of pyridine rings is 1. The van der Waals surface area contributed by atoms with Gasteiger partial charge in [-0.1, -0.05) is 6.42 Å². The van der Waals surface area contributed by atoms with Gasteiger partial charge in [0.15, 0.2) is 0 Å². The summed E-state index contributed by atoms with van der Waals surface area (Å²) in [4.78, 5) is 9.09. The van der Waals surface area contributed by atoms with E-state index in [4.69, 9.17) is 20.8 Å². The van der Waals surface area contributed by atoms with Gasteiger partial charge < -0.3 is 30.4 Å². The lowest BCUT2D eigenvalue weighted by Gasteiger charge is -2.30. The third kappa shape index (κ3) is 5.56. The fraction of sp³-hybridized carbons (Fsp3) is 0.609. The summed E-state index contributed by atoms with van der Waals surface area (Å²) in [5.41, 5.74) is 9.00. The molecule has 180 valence electrons. The normalized spacial score (nSPS) is 21.8. The molecule has 2 aromatic heterocycles. The maximum atomic E-state index is 9.18. The lowest BCUT2D eigenvalue weighted by Crippen LogP contribution is -2.32. The van der Waals surface area contributed by atoms with Crippen LogP contribution in [0.5, 0.6) is 5.75 Å². The number of aromatic nitrogens is 3. The van der Waals surface area contributed by atoms with Gasteiger partial charge in [-0.25, -0.2) is 10.8 Å². The van der Waals surface area contributed by atoms with Crippen LogP contribution >= 0.6 is 0 Å². The second kappa shape index (κ2) is 10.4. The predicted molar refractivity (Wildman–Crippen MR) is 125 cm³/mol. The molecule has 2 aliphatic carbocycles. The second-order valence-corrected chi connectivity index (χ2v) is 9.16. The zero-order chi connectivity index (χ0) is 23.4. The summed E-state index contributed by atoms with van der Waals surface area (Å²) in [7, 11) is 1.72. The molecule has 0 aromatic carbocycles. The van der Waals surface area contributed by atoms with Crippen molar-refractivity contribution in [3.63, 3.8) is 0 Å². The minimum Gasteiger partial charge on any atom is -0.489 e. The Balaban J connectivity index is 1.41. The van der Waals surface area contributed by atoms with Crippen molar-refractivity contribution < 1.29 is 14.4 Å². The van der Waals surface area contributed by atoms with E-state index < -0.39 is 0 Å². The first-order valence-electron chi connectivity index (χ1n) is 11.7. The van der Waals surface area contributed by atoms with Gasteiger partial charge in [0.05, 0.1) is 35.4 Å². The van der Waals surface area contributed by atoms with E-state index in [2.05, 4.69) is 20.4 Å². The SMILES string of the molecule is Cc1nc(/C(N)=C(\CNc2noc(C3CC(CO)C3)n2)N(C)N)ccc1OC1CCCCC1. The quantitative estimate of drug-likeness (QED) is 0.327. The molecule has 2 heterocycles. The molecule has 0 atom stereocenters. The van der Waals surface area contributed by atoms with E-state index in [1.165, 1.54) is 24.3 Å². The number of rotatable bonds is 9. The van der Waals surface area contributed by atoms with Gasteiger partial charge in [0, 0.05) is 19.6 Å². The molecule has 0 bridgehead atoms. The molecular formula is C23H35N7O3.